The van der Waals surface area contributed by atoms with E-state index in [0.717, 1.165) is 21.4 Å². The number of thiophene rings is 1. The summed E-state index contributed by atoms with van der Waals surface area (Å²) in [7, 11) is 0. The zero-order chi connectivity index (χ0) is 17.1. The summed E-state index contributed by atoms with van der Waals surface area (Å²) in [4.78, 5) is 25.0. The summed E-state index contributed by atoms with van der Waals surface area (Å²) in [5.41, 5.74) is 1.43. The van der Waals surface area contributed by atoms with Crippen molar-refractivity contribution in [3.63, 3.8) is 0 Å². The Morgan fingerprint density at radius 1 is 0.958 bits per heavy atom. The summed E-state index contributed by atoms with van der Waals surface area (Å²) < 4.78 is 0.860. The molecule has 3 aromatic rings. The summed E-state index contributed by atoms with van der Waals surface area (Å²) in [6.45, 7) is 0. The van der Waals surface area contributed by atoms with Crippen molar-refractivity contribution >= 4 is 34.5 Å². The van der Waals surface area contributed by atoms with Crippen LogP contribution < -0.4 is 0 Å². The number of benzene rings is 1. The first-order chi connectivity index (χ1) is 11.5. The van der Waals surface area contributed by atoms with Crippen LogP contribution in [0.5, 0.6) is 0 Å². The van der Waals surface area contributed by atoms with Gasteiger partial charge in [-0.15, -0.1) is 11.3 Å². The van der Waals surface area contributed by atoms with Crippen molar-refractivity contribution in [3.05, 3.63) is 74.4 Å². The van der Waals surface area contributed by atoms with Crippen LogP contribution in [0.15, 0.2) is 63.3 Å². The first-order valence-electron chi connectivity index (χ1n) is 6.64. The van der Waals surface area contributed by atoms with Crippen LogP contribution in [-0.2, 0) is 0 Å². The first-order valence-corrected chi connectivity index (χ1v) is 8.34. The van der Waals surface area contributed by atoms with E-state index in [2.05, 4.69) is 4.98 Å². The van der Waals surface area contributed by atoms with Gasteiger partial charge in [-0.05, 0) is 40.8 Å². The van der Waals surface area contributed by atoms with Gasteiger partial charge in [0.05, 0.1) is 25.0 Å². The largest absolute Gasteiger partial charge is 0.290 e. The van der Waals surface area contributed by atoms with Crippen LogP contribution in [0.2, 0.25) is 0 Å². The number of hydrogen-bond donors (Lipinski definition) is 0. The third kappa shape index (κ3) is 3.42. The molecule has 9 heteroatoms. The molecule has 0 aliphatic carbocycles. The van der Waals surface area contributed by atoms with E-state index in [-0.39, 0.29) is 11.4 Å². The zero-order valence-corrected chi connectivity index (χ0v) is 13.6. The number of non-ortho nitro benzene ring substituents is 1. The van der Waals surface area contributed by atoms with Crippen LogP contribution >= 0.6 is 23.1 Å². The molecule has 0 radical (unpaired) electrons. The Labute approximate surface area is 144 Å². The number of nitro groups is 2. The third-order valence-electron chi connectivity index (χ3n) is 3.15. The van der Waals surface area contributed by atoms with E-state index in [1.54, 1.807) is 12.4 Å². The van der Waals surface area contributed by atoms with Crippen molar-refractivity contribution in [1.82, 2.24) is 4.98 Å². The minimum atomic E-state index is -0.645. The van der Waals surface area contributed by atoms with Crippen molar-refractivity contribution in [2.75, 3.05) is 0 Å². The molecule has 0 saturated carbocycles. The van der Waals surface area contributed by atoms with E-state index in [1.807, 2.05) is 23.6 Å². The van der Waals surface area contributed by atoms with Crippen molar-refractivity contribution in [1.29, 1.82) is 0 Å². The minimum Gasteiger partial charge on any atom is -0.265 e. The summed E-state index contributed by atoms with van der Waals surface area (Å²) in [5.74, 6) is 0. The molecule has 0 atom stereocenters. The van der Waals surface area contributed by atoms with Gasteiger partial charge < -0.3 is 0 Å². The first kappa shape index (κ1) is 16.1. The fourth-order valence-corrected chi connectivity index (χ4v) is 4.05. The number of rotatable bonds is 5. The molecule has 2 aromatic heterocycles. The average Bonchev–Trinajstić information content (AvgIpc) is 3.04. The molecule has 0 fully saturated rings. The van der Waals surface area contributed by atoms with Crippen LogP contribution in [0.1, 0.15) is 0 Å². The van der Waals surface area contributed by atoms with Gasteiger partial charge in [0, 0.05) is 18.5 Å². The maximum absolute atomic E-state index is 11.2. The quantitative estimate of drug-likeness (QED) is 0.480. The fraction of sp³-hybridized carbons (Fsp3) is 0. The second-order valence-corrected chi connectivity index (χ2v) is 6.91. The Hall–Kier alpha value is -2.78. The Morgan fingerprint density at radius 2 is 1.71 bits per heavy atom. The molecule has 2 heterocycles. The Morgan fingerprint density at radius 3 is 2.38 bits per heavy atom. The molecule has 0 aliphatic heterocycles. The Kier molecular flexibility index (Phi) is 4.54. The molecule has 0 aliphatic rings. The van der Waals surface area contributed by atoms with E-state index in [1.165, 1.54) is 35.2 Å². The monoisotopic (exact) mass is 359 g/mol. The second-order valence-electron chi connectivity index (χ2n) is 4.66. The lowest BCUT2D eigenvalue weighted by atomic mass is 10.1. The Balaban J connectivity index is 1.90. The highest BCUT2D eigenvalue weighted by atomic mass is 32.2. The van der Waals surface area contributed by atoms with Gasteiger partial charge in [0.2, 0.25) is 0 Å². The number of pyridine rings is 1. The number of nitrogens with zero attached hydrogens (tertiary/aromatic N) is 3. The SMILES string of the molecule is O=[N+]([O-])c1ccc(Sc2cc(-c3ccncc3)cs2)c([N+](=O)[O-])c1. The van der Waals surface area contributed by atoms with Crippen molar-refractivity contribution < 1.29 is 9.85 Å². The Bertz CT molecular complexity index is 912. The highest BCUT2D eigenvalue weighted by Crippen LogP contribution is 2.41. The molecule has 0 saturated heterocycles. The molecule has 7 nitrogen and oxygen atoms in total. The number of hydrogen-bond acceptors (Lipinski definition) is 7. The van der Waals surface area contributed by atoms with E-state index in [4.69, 9.17) is 0 Å². The van der Waals surface area contributed by atoms with Gasteiger partial charge in [0.15, 0.2) is 0 Å². The highest BCUT2D eigenvalue weighted by Gasteiger charge is 2.20. The summed E-state index contributed by atoms with van der Waals surface area (Å²) >= 11 is 2.67. The van der Waals surface area contributed by atoms with Gasteiger partial charge in [-0.1, -0.05) is 11.8 Å². The molecule has 1 aromatic carbocycles. The van der Waals surface area contributed by atoms with Crippen molar-refractivity contribution in [2.45, 2.75) is 9.10 Å². The summed E-state index contributed by atoms with van der Waals surface area (Å²) in [6, 6.07) is 9.35. The maximum Gasteiger partial charge on any atom is 0.290 e. The lowest BCUT2D eigenvalue weighted by molar-refractivity contribution is -0.396. The fourth-order valence-electron chi connectivity index (χ4n) is 2.02. The lowest BCUT2D eigenvalue weighted by Gasteiger charge is -2.01. The molecule has 0 unspecified atom stereocenters. The zero-order valence-electron chi connectivity index (χ0n) is 12.0. The molecule has 120 valence electrons. The van der Waals surface area contributed by atoms with Gasteiger partial charge in [0.1, 0.15) is 0 Å². The van der Waals surface area contributed by atoms with Gasteiger partial charge in [-0.3, -0.25) is 25.2 Å². The van der Waals surface area contributed by atoms with Gasteiger partial charge in [-0.25, -0.2) is 0 Å². The van der Waals surface area contributed by atoms with Crippen LogP contribution in [-0.4, -0.2) is 14.8 Å². The van der Waals surface area contributed by atoms with Crippen LogP contribution in [0.25, 0.3) is 11.1 Å². The second kappa shape index (κ2) is 6.77. The average molecular weight is 359 g/mol. The number of aromatic nitrogens is 1. The van der Waals surface area contributed by atoms with Crippen LogP contribution in [0.3, 0.4) is 0 Å². The smallest absolute Gasteiger partial charge is 0.265 e. The molecule has 0 spiro atoms. The predicted molar refractivity (Wildman–Crippen MR) is 91.4 cm³/mol. The third-order valence-corrected chi connectivity index (χ3v) is 5.29. The molecular formula is C15H9N3O4S2. The minimum absolute atomic E-state index is 0.270. The van der Waals surface area contributed by atoms with Crippen LogP contribution in [0, 0.1) is 20.2 Å². The lowest BCUT2D eigenvalue weighted by Crippen LogP contribution is -1.94. The standard InChI is InChI=1S/C15H9N3O4S2/c19-17(20)12-1-2-14(13(8-12)18(21)22)24-15-7-11(9-23-15)10-3-5-16-6-4-10/h1-9H. The predicted octanol–water partition coefficient (Wildman–Crippen LogP) is 4.78. The molecule has 0 bridgehead atoms. The maximum atomic E-state index is 11.2. The van der Waals surface area contributed by atoms with Gasteiger partial charge in [-0.2, -0.15) is 0 Å². The van der Waals surface area contributed by atoms with E-state index in [0.29, 0.717) is 4.90 Å². The van der Waals surface area contributed by atoms with E-state index >= 15 is 0 Å². The van der Waals surface area contributed by atoms with Crippen LogP contribution in [0.4, 0.5) is 11.4 Å². The molecule has 0 amide bonds. The normalized spacial score (nSPS) is 10.5. The highest BCUT2D eigenvalue weighted by molar-refractivity contribution is 8.01. The molecule has 3 rings (SSSR count). The van der Waals surface area contributed by atoms with E-state index in [9.17, 15) is 20.2 Å². The topological polar surface area (TPSA) is 99.2 Å². The molecule has 0 N–H and O–H groups in total. The van der Waals surface area contributed by atoms with E-state index < -0.39 is 9.85 Å². The molecular weight excluding hydrogens is 350 g/mol. The molecule has 24 heavy (non-hydrogen) atoms. The summed E-state index contributed by atoms with van der Waals surface area (Å²) in [6.07, 6.45) is 3.39. The van der Waals surface area contributed by atoms with Gasteiger partial charge in [0.25, 0.3) is 11.4 Å². The van der Waals surface area contributed by atoms with Crippen molar-refractivity contribution in [3.8, 4) is 11.1 Å². The van der Waals surface area contributed by atoms with Gasteiger partial charge >= 0.3 is 0 Å². The number of nitro benzene ring substituents is 2. The summed E-state index contributed by atoms with van der Waals surface area (Å²) in [5, 5.41) is 23.9. The van der Waals surface area contributed by atoms with Crippen molar-refractivity contribution in [2.24, 2.45) is 0 Å².